The lowest BCUT2D eigenvalue weighted by molar-refractivity contribution is -0.144. The summed E-state index contributed by atoms with van der Waals surface area (Å²) in [7, 11) is 1.92. The number of nitrogens with zero attached hydrogens (tertiary/aromatic N) is 7. The van der Waals surface area contributed by atoms with Gasteiger partial charge in [-0.05, 0) is 62.4 Å². The molecule has 2 aliphatic rings. The van der Waals surface area contributed by atoms with E-state index >= 15 is 0 Å². The molecule has 7 N–H and O–H groups in total. The summed E-state index contributed by atoms with van der Waals surface area (Å²) in [6, 6.07) is 13.1. The first-order valence-electron chi connectivity index (χ1n) is 25.4. The molecule has 5 amide bonds. The van der Waals surface area contributed by atoms with E-state index in [2.05, 4.69) is 31.2 Å². The van der Waals surface area contributed by atoms with Crippen molar-refractivity contribution in [3.05, 3.63) is 87.8 Å². The van der Waals surface area contributed by atoms with E-state index in [4.69, 9.17) is 25.3 Å². The molecular formula is C53H73N13O8S. The molecule has 21 nitrogen and oxygen atoms in total. The van der Waals surface area contributed by atoms with Crippen LogP contribution >= 0.6 is 11.3 Å². The second kappa shape index (κ2) is 26.7. The van der Waals surface area contributed by atoms with Gasteiger partial charge < -0.3 is 50.5 Å². The number of carbonyl (C=O) groups excluding carboxylic acids is 5. The highest BCUT2D eigenvalue weighted by Crippen LogP contribution is 2.33. The van der Waals surface area contributed by atoms with Crippen LogP contribution in [0.1, 0.15) is 99.4 Å². The first kappa shape index (κ1) is 57.6. The normalized spacial score (nSPS) is 15.7. The van der Waals surface area contributed by atoms with Crippen molar-refractivity contribution in [3.8, 4) is 10.4 Å². The SMILES string of the molecule is CCN(C=N)C(=N)c1cccc(N2Cc3c(cc(N(C)C(C)C)nc3CNCCNC(=O)CCOCCOCCC(=O)N[C@H](C(=O)N3C[C@H](O)C[C@H]3C(=O)NCc3ccc(-c4scnc4C)cc3)C(C)(C)C)C2=O)n1. The van der Waals surface area contributed by atoms with Gasteiger partial charge in [0, 0.05) is 77.2 Å². The van der Waals surface area contributed by atoms with Gasteiger partial charge in [-0.3, -0.25) is 39.7 Å². The highest BCUT2D eigenvalue weighted by atomic mass is 32.1. The number of fused-ring (bicyclic) bond motifs is 1. The van der Waals surface area contributed by atoms with E-state index in [1.165, 1.54) is 9.80 Å². The van der Waals surface area contributed by atoms with Crippen LogP contribution in [0.3, 0.4) is 0 Å². The van der Waals surface area contributed by atoms with Crippen LogP contribution in [-0.2, 0) is 48.3 Å². The average molecular weight is 1050 g/mol. The van der Waals surface area contributed by atoms with Crippen LogP contribution in [0.5, 0.6) is 0 Å². The number of β-amino-alcohol motifs (C(OH)–C–C–N with tert-alkyl or cyclic N) is 1. The van der Waals surface area contributed by atoms with Crippen LogP contribution in [0.4, 0.5) is 11.6 Å². The lowest BCUT2D eigenvalue weighted by atomic mass is 9.85. The van der Waals surface area contributed by atoms with Gasteiger partial charge in [-0.1, -0.05) is 51.1 Å². The fourth-order valence-corrected chi connectivity index (χ4v) is 9.36. The Bertz CT molecular complexity index is 2660. The van der Waals surface area contributed by atoms with Crippen molar-refractivity contribution in [2.45, 2.75) is 112 Å². The molecule has 22 heteroatoms. The number of amidine groups is 1. The topological polar surface area (TPSA) is 271 Å². The zero-order valence-corrected chi connectivity index (χ0v) is 45.1. The number of aryl methyl sites for hydroxylation is 1. The lowest BCUT2D eigenvalue weighted by Crippen LogP contribution is -2.57. The predicted octanol–water partition coefficient (Wildman–Crippen LogP) is 4.00. The highest BCUT2D eigenvalue weighted by molar-refractivity contribution is 7.13. The first-order valence-corrected chi connectivity index (χ1v) is 26.3. The standard InChI is InChI=1S/C53H73N13O8S/c1-9-64(31-54)49(55)40-11-10-12-43(60-40)66-30-39-38(51(66)71)26-44(63(8)33(2)3)61-41(39)28-56-19-20-57-45(68)17-21-73-23-24-74-22-18-46(69)62-48(53(5,6)7)52(72)65-29-37(67)25-42(65)50(70)58-27-35-13-15-36(16-14-35)47-34(4)59-32-75-47/h10-16,26,31-33,37,42,48,54-56,67H,9,17-25,27-30H2,1-8H3,(H,57,68)(H,58,70)(H,62,69)/t37-,42+,48-/m1/s1. The Morgan fingerprint density at radius 2 is 1.68 bits per heavy atom. The Labute approximate surface area is 443 Å². The van der Waals surface area contributed by atoms with Gasteiger partial charge in [0.2, 0.25) is 23.6 Å². The lowest BCUT2D eigenvalue weighted by Gasteiger charge is -2.35. The van der Waals surface area contributed by atoms with Gasteiger partial charge >= 0.3 is 0 Å². The van der Waals surface area contributed by atoms with Crippen LogP contribution in [0.2, 0.25) is 0 Å². The number of thiazole rings is 1. The summed E-state index contributed by atoms with van der Waals surface area (Å²) in [5, 5.41) is 38.7. The molecule has 2 aliphatic heterocycles. The Hall–Kier alpha value is -6.72. The zero-order valence-electron chi connectivity index (χ0n) is 44.3. The Balaban J connectivity index is 0.876. The number of aliphatic hydroxyl groups excluding tert-OH is 1. The molecule has 0 bridgehead atoms. The van der Waals surface area contributed by atoms with Crippen LogP contribution < -0.4 is 31.1 Å². The Morgan fingerprint density at radius 3 is 2.32 bits per heavy atom. The molecule has 3 aromatic heterocycles. The molecule has 6 rings (SSSR count). The number of likely N-dealkylation sites (tertiary alicyclic amines) is 1. The van der Waals surface area contributed by atoms with Gasteiger partial charge in [0.1, 0.15) is 29.4 Å². The highest BCUT2D eigenvalue weighted by Gasteiger charge is 2.44. The molecule has 75 heavy (non-hydrogen) atoms. The van der Waals surface area contributed by atoms with Crippen molar-refractivity contribution in [2.24, 2.45) is 5.41 Å². The third kappa shape index (κ3) is 15.2. The molecule has 0 radical (unpaired) electrons. The minimum Gasteiger partial charge on any atom is -0.391 e. The molecule has 1 fully saturated rings. The number of hydrogen-bond donors (Lipinski definition) is 7. The fourth-order valence-electron chi connectivity index (χ4n) is 8.55. The van der Waals surface area contributed by atoms with E-state index in [0.29, 0.717) is 54.8 Å². The second-order valence-electron chi connectivity index (χ2n) is 19.9. The van der Waals surface area contributed by atoms with Crippen LogP contribution in [-0.4, -0.2) is 155 Å². The van der Waals surface area contributed by atoms with Gasteiger partial charge in [-0.25, -0.2) is 15.0 Å². The number of carbonyl (C=O) groups is 5. The van der Waals surface area contributed by atoms with Gasteiger partial charge in [-0.15, -0.1) is 11.3 Å². The number of ether oxygens (including phenoxy) is 2. The van der Waals surface area contributed by atoms with Crippen LogP contribution in [0, 0.1) is 23.2 Å². The average Bonchev–Trinajstić information content (AvgIpc) is 4.11. The van der Waals surface area contributed by atoms with Crippen molar-refractivity contribution in [3.63, 3.8) is 0 Å². The van der Waals surface area contributed by atoms with E-state index in [1.54, 1.807) is 46.0 Å². The molecule has 0 spiro atoms. The number of amides is 5. The van der Waals surface area contributed by atoms with Crippen molar-refractivity contribution in [1.29, 1.82) is 10.8 Å². The molecule has 0 saturated carbocycles. The molecule has 0 unspecified atom stereocenters. The van der Waals surface area contributed by atoms with E-state index in [-0.39, 0.29) is 94.9 Å². The van der Waals surface area contributed by atoms with Gasteiger partial charge in [-0.2, -0.15) is 0 Å². The number of hydrogen-bond acceptors (Lipinski definition) is 16. The third-order valence-corrected chi connectivity index (χ3v) is 14.1. The van der Waals surface area contributed by atoms with Crippen molar-refractivity contribution < 1.29 is 38.6 Å². The molecule has 0 aliphatic carbocycles. The maximum absolute atomic E-state index is 14.0. The van der Waals surface area contributed by atoms with Gasteiger partial charge in [0.25, 0.3) is 5.91 Å². The molecule has 4 aromatic rings. The molecule has 404 valence electrons. The Morgan fingerprint density at radius 1 is 0.973 bits per heavy atom. The van der Waals surface area contributed by atoms with E-state index in [1.807, 2.05) is 84.7 Å². The molecule has 3 atom stereocenters. The second-order valence-corrected chi connectivity index (χ2v) is 20.7. The molecule has 1 saturated heterocycles. The summed E-state index contributed by atoms with van der Waals surface area (Å²) >= 11 is 1.56. The number of anilines is 2. The number of pyridine rings is 2. The van der Waals surface area contributed by atoms with Gasteiger partial charge in [0.05, 0.1) is 72.8 Å². The zero-order chi connectivity index (χ0) is 54.4. The van der Waals surface area contributed by atoms with E-state index < -0.39 is 35.4 Å². The molecular weight excluding hydrogens is 979 g/mol. The van der Waals surface area contributed by atoms with Crippen LogP contribution in [0.25, 0.3) is 10.4 Å². The summed E-state index contributed by atoms with van der Waals surface area (Å²) < 4.78 is 11.2. The number of benzene rings is 1. The quantitative estimate of drug-likeness (QED) is 0.0266. The summed E-state index contributed by atoms with van der Waals surface area (Å²) in [6.45, 7) is 16.0. The van der Waals surface area contributed by atoms with Crippen LogP contribution in [0.15, 0.2) is 54.0 Å². The Kier molecular flexibility index (Phi) is 20.5. The summed E-state index contributed by atoms with van der Waals surface area (Å²) in [4.78, 5) is 88.4. The summed E-state index contributed by atoms with van der Waals surface area (Å²) in [6.07, 6.45) is 0.384. The van der Waals surface area contributed by atoms with E-state index in [9.17, 15) is 29.1 Å². The molecule has 1 aromatic carbocycles. The number of aromatic nitrogens is 3. The predicted molar refractivity (Wildman–Crippen MR) is 288 cm³/mol. The number of aliphatic hydroxyl groups is 1. The number of nitrogens with one attached hydrogen (secondary N) is 6. The largest absolute Gasteiger partial charge is 0.391 e. The summed E-state index contributed by atoms with van der Waals surface area (Å²) in [5.74, 6) is -0.527. The van der Waals surface area contributed by atoms with E-state index in [0.717, 1.165) is 33.6 Å². The number of rotatable bonds is 26. The third-order valence-electron chi connectivity index (χ3n) is 13.1. The maximum Gasteiger partial charge on any atom is 0.260 e. The minimum absolute atomic E-state index is 0.0234. The van der Waals surface area contributed by atoms with Crippen molar-refractivity contribution in [1.82, 2.24) is 46.0 Å². The fraction of sp³-hybridized carbons (Fsp3) is 0.509. The maximum atomic E-state index is 14.0. The molecule has 5 heterocycles. The smallest absolute Gasteiger partial charge is 0.260 e. The first-order chi connectivity index (χ1) is 35.8. The minimum atomic E-state index is -0.965. The van der Waals surface area contributed by atoms with Crippen molar-refractivity contribution in [2.75, 3.05) is 69.5 Å². The van der Waals surface area contributed by atoms with Gasteiger partial charge in [0.15, 0.2) is 5.84 Å². The van der Waals surface area contributed by atoms with Crippen molar-refractivity contribution >= 4 is 64.7 Å². The summed E-state index contributed by atoms with van der Waals surface area (Å²) in [5.41, 5.74) is 6.33. The monoisotopic (exact) mass is 1050 g/mol.